The Labute approximate surface area is 210 Å². The predicted octanol–water partition coefficient (Wildman–Crippen LogP) is 5.73. The minimum atomic E-state index is -0.144. The molecule has 0 saturated carbocycles. The first kappa shape index (κ1) is 25.1. The highest BCUT2D eigenvalue weighted by molar-refractivity contribution is 7.99. The van der Waals surface area contributed by atoms with E-state index in [2.05, 4.69) is 52.9 Å². The van der Waals surface area contributed by atoms with Crippen molar-refractivity contribution in [3.63, 3.8) is 0 Å². The second-order valence-electron chi connectivity index (χ2n) is 8.72. The second-order valence-corrected chi connectivity index (χ2v) is 9.66. The lowest BCUT2D eigenvalue weighted by molar-refractivity contribution is -0.113. The number of methoxy groups -OCH3 is 1. The van der Waals surface area contributed by atoms with Crippen LogP contribution >= 0.6 is 11.8 Å². The number of ether oxygens (including phenoxy) is 1. The molecule has 0 radical (unpaired) electrons. The van der Waals surface area contributed by atoms with Crippen molar-refractivity contribution in [3.8, 4) is 5.75 Å². The van der Waals surface area contributed by atoms with Crippen molar-refractivity contribution >= 4 is 45.3 Å². The van der Waals surface area contributed by atoms with Gasteiger partial charge in [0.15, 0.2) is 11.0 Å². The molecule has 1 amide bonds. The number of aromatic nitrogens is 3. The predicted molar refractivity (Wildman–Crippen MR) is 141 cm³/mol. The fourth-order valence-corrected chi connectivity index (χ4v) is 5.06. The first-order valence-electron chi connectivity index (χ1n) is 12.0. The smallest absolute Gasteiger partial charge is 0.234 e. The number of carbonyl (C=O) groups excluding carboxylic acids is 1. The Hall–Kier alpha value is -3.04. The van der Waals surface area contributed by atoms with Crippen LogP contribution < -0.4 is 10.1 Å². The Bertz CT molecular complexity index is 1310. The normalized spacial score (nSPS) is 12.5. The number of thioether (sulfide) groups is 1. The third-order valence-corrected chi connectivity index (χ3v) is 7.06. The number of para-hydroxylation sites is 1. The van der Waals surface area contributed by atoms with Gasteiger partial charge in [0.2, 0.25) is 5.91 Å². The molecule has 1 N–H and O–H groups in total. The van der Waals surface area contributed by atoms with Gasteiger partial charge in [-0.05, 0) is 39.1 Å². The Kier molecular flexibility index (Phi) is 7.97. The van der Waals surface area contributed by atoms with Crippen molar-refractivity contribution < 1.29 is 13.9 Å². The average Bonchev–Trinajstić information content (AvgIpc) is 3.41. The Morgan fingerprint density at radius 1 is 1.17 bits per heavy atom. The van der Waals surface area contributed by atoms with Gasteiger partial charge in [-0.2, -0.15) is 0 Å². The molecule has 2 aromatic heterocycles. The van der Waals surface area contributed by atoms with E-state index in [-0.39, 0.29) is 17.7 Å². The highest BCUT2D eigenvalue weighted by Gasteiger charge is 2.22. The summed E-state index contributed by atoms with van der Waals surface area (Å²) in [5.74, 6) is 1.61. The summed E-state index contributed by atoms with van der Waals surface area (Å²) in [6.45, 7) is 5.15. The second kappa shape index (κ2) is 11.1. The fraction of sp³-hybridized carbons (Fsp3) is 0.423. The van der Waals surface area contributed by atoms with Crippen LogP contribution in [0.5, 0.6) is 5.75 Å². The lowest BCUT2D eigenvalue weighted by Crippen LogP contribution is -2.23. The summed E-state index contributed by atoms with van der Waals surface area (Å²) in [7, 11) is 5.71. The van der Waals surface area contributed by atoms with E-state index >= 15 is 0 Å². The Balaban J connectivity index is 1.52. The van der Waals surface area contributed by atoms with Crippen LogP contribution in [0.4, 0.5) is 5.69 Å². The van der Waals surface area contributed by atoms with Gasteiger partial charge in [0.05, 0.1) is 24.6 Å². The SMILES string of the molecule is CCCCn1c(SCC(=O)Nc2cc3oc4ccccc4c3cc2OC)nnc1[C@H](CC)N(C)C. The molecule has 0 saturated heterocycles. The summed E-state index contributed by atoms with van der Waals surface area (Å²) in [4.78, 5) is 15.1. The van der Waals surface area contributed by atoms with Gasteiger partial charge in [0, 0.05) is 23.4 Å². The molecule has 0 aliphatic heterocycles. The van der Waals surface area contributed by atoms with Crippen LogP contribution in [0.3, 0.4) is 0 Å². The molecule has 0 unspecified atom stereocenters. The van der Waals surface area contributed by atoms with E-state index in [0.29, 0.717) is 17.0 Å². The molecule has 0 fully saturated rings. The van der Waals surface area contributed by atoms with Crippen molar-refractivity contribution in [2.75, 3.05) is 32.3 Å². The van der Waals surface area contributed by atoms with Gasteiger partial charge in [0.1, 0.15) is 16.9 Å². The van der Waals surface area contributed by atoms with Gasteiger partial charge < -0.3 is 19.0 Å². The number of rotatable bonds is 11. The van der Waals surface area contributed by atoms with Crippen LogP contribution in [0.1, 0.15) is 45.0 Å². The summed E-state index contributed by atoms with van der Waals surface area (Å²) in [5.41, 5.74) is 2.08. The average molecular weight is 496 g/mol. The third-order valence-electron chi connectivity index (χ3n) is 6.09. The largest absolute Gasteiger partial charge is 0.495 e. The topological polar surface area (TPSA) is 85.4 Å². The molecule has 35 heavy (non-hydrogen) atoms. The van der Waals surface area contributed by atoms with Gasteiger partial charge in [-0.25, -0.2) is 0 Å². The molecular weight excluding hydrogens is 462 g/mol. The number of hydrogen-bond donors (Lipinski definition) is 1. The van der Waals surface area contributed by atoms with E-state index in [9.17, 15) is 4.79 Å². The number of hydrogen-bond acceptors (Lipinski definition) is 7. The quantitative estimate of drug-likeness (QED) is 0.266. The summed E-state index contributed by atoms with van der Waals surface area (Å²) < 4.78 is 13.7. The molecule has 1 atom stereocenters. The van der Waals surface area contributed by atoms with Gasteiger partial charge in [-0.1, -0.05) is 50.2 Å². The molecule has 0 aliphatic rings. The first-order chi connectivity index (χ1) is 17.0. The zero-order chi connectivity index (χ0) is 24.9. The number of carbonyl (C=O) groups is 1. The van der Waals surface area contributed by atoms with Crippen molar-refractivity contribution in [1.82, 2.24) is 19.7 Å². The van der Waals surface area contributed by atoms with Gasteiger partial charge in [-0.15, -0.1) is 10.2 Å². The molecule has 0 bridgehead atoms. The van der Waals surface area contributed by atoms with E-state index in [4.69, 9.17) is 9.15 Å². The minimum Gasteiger partial charge on any atom is -0.495 e. The standard InChI is InChI=1S/C26H33N5O3S/c1-6-8-13-31-25(20(7-2)30(3)4)28-29-26(31)35-16-24(32)27-19-15-22-18(14-23(19)33-5)17-11-9-10-12-21(17)34-22/h9-12,14-15,20H,6-8,13,16H2,1-5H3,(H,27,32)/t20-/m0/s1. The number of nitrogens with zero attached hydrogens (tertiary/aromatic N) is 4. The lowest BCUT2D eigenvalue weighted by atomic mass is 10.1. The van der Waals surface area contributed by atoms with E-state index in [0.717, 1.165) is 53.1 Å². The molecule has 0 spiro atoms. The monoisotopic (exact) mass is 495 g/mol. The molecule has 2 aromatic carbocycles. The Morgan fingerprint density at radius 2 is 1.97 bits per heavy atom. The van der Waals surface area contributed by atoms with Crippen LogP contribution in [-0.4, -0.2) is 52.5 Å². The summed E-state index contributed by atoms with van der Waals surface area (Å²) in [5, 5.41) is 14.6. The van der Waals surface area contributed by atoms with E-state index in [1.54, 1.807) is 7.11 Å². The van der Waals surface area contributed by atoms with Gasteiger partial charge >= 0.3 is 0 Å². The lowest BCUT2D eigenvalue weighted by Gasteiger charge is -2.23. The van der Waals surface area contributed by atoms with Crippen molar-refractivity contribution in [2.45, 2.75) is 50.9 Å². The third kappa shape index (κ3) is 5.31. The van der Waals surface area contributed by atoms with E-state index in [1.807, 2.05) is 36.4 Å². The molecule has 0 aliphatic carbocycles. The maximum atomic E-state index is 12.9. The summed E-state index contributed by atoms with van der Waals surface area (Å²) in [6, 6.07) is 11.8. The minimum absolute atomic E-state index is 0.144. The van der Waals surface area contributed by atoms with Gasteiger partial charge in [-0.3, -0.25) is 9.69 Å². The Morgan fingerprint density at radius 3 is 2.69 bits per heavy atom. The van der Waals surface area contributed by atoms with Gasteiger partial charge in [0.25, 0.3) is 0 Å². The maximum Gasteiger partial charge on any atom is 0.234 e. The van der Waals surface area contributed by atoms with Crippen LogP contribution in [0.2, 0.25) is 0 Å². The van der Waals surface area contributed by atoms with E-state index in [1.165, 1.54) is 11.8 Å². The van der Waals surface area contributed by atoms with Crippen molar-refractivity contribution in [2.24, 2.45) is 0 Å². The zero-order valence-electron chi connectivity index (χ0n) is 21.0. The number of furan rings is 1. The highest BCUT2D eigenvalue weighted by atomic mass is 32.2. The number of anilines is 1. The van der Waals surface area contributed by atoms with Crippen molar-refractivity contribution in [1.29, 1.82) is 0 Å². The summed E-state index contributed by atoms with van der Waals surface area (Å²) in [6.07, 6.45) is 3.04. The summed E-state index contributed by atoms with van der Waals surface area (Å²) >= 11 is 1.40. The van der Waals surface area contributed by atoms with Crippen LogP contribution in [0.15, 0.2) is 46.0 Å². The molecule has 8 nitrogen and oxygen atoms in total. The molecule has 9 heteroatoms. The van der Waals surface area contributed by atoms with Crippen molar-refractivity contribution in [3.05, 3.63) is 42.2 Å². The number of unbranched alkanes of at least 4 members (excludes halogenated alkanes) is 1. The number of amides is 1. The molecule has 186 valence electrons. The molecule has 4 rings (SSSR count). The zero-order valence-corrected chi connectivity index (χ0v) is 21.8. The van der Waals surface area contributed by atoms with Crippen LogP contribution in [0.25, 0.3) is 21.9 Å². The molecule has 4 aromatic rings. The van der Waals surface area contributed by atoms with Crippen LogP contribution in [-0.2, 0) is 11.3 Å². The van der Waals surface area contributed by atoms with E-state index < -0.39 is 0 Å². The number of benzene rings is 2. The maximum absolute atomic E-state index is 12.9. The number of fused-ring (bicyclic) bond motifs is 3. The number of nitrogens with one attached hydrogen (secondary N) is 1. The highest BCUT2D eigenvalue weighted by Crippen LogP contribution is 2.36. The first-order valence-corrected chi connectivity index (χ1v) is 13.0. The fourth-order valence-electron chi connectivity index (χ4n) is 4.29. The van der Waals surface area contributed by atoms with Crippen LogP contribution in [0, 0.1) is 0 Å². The molecular formula is C26H33N5O3S. The molecule has 2 heterocycles.